The van der Waals surface area contributed by atoms with Crippen molar-refractivity contribution in [2.24, 2.45) is 28.6 Å². The van der Waals surface area contributed by atoms with Gasteiger partial charge in [0.05, 0.1) is 0 Å². The van der Waals surface area contributed by atoms with Crippen LogP contribution in [0.2, 0.25) is 0 Å². The van der Waals surface area contributed by atoms with Gasteiger partial charge in [0.1, 0.15) is 5.60 Å². The Kier molecular flexibility index (Phi) is 3.05. The van der Waals surface area contributed by atoms with Crippen molar-refractivity contribution in [3.8, 4) is 12.3 Å². The molecule has 122 valence electrons. The van der Waals surface area contributed by atoms with E-state index in [-0.39, 0.29) is 16.6 Å². The number of allylic oxidation sites excluding steroid dienone is 4. The predicted octanol–water partition coefficient (Wildman–Crippen LogP) is 3.66. The van der Waals surface area contributed by atoms with Crippen molar-refractivity contribution in [3.63, 3.8) is 0 Å². The first kappa shape index (κ1) is 15.2. The highest BCUT2D eigenvalue weighted by atomic mass is 16.3. The molecule has 0 amide bonds. The Morgan fingerprint density at radius 2 is 1.96 bits per heavy atom. The number of fused-ring (bicyclic) bond motifs is 5. The Morgan fingerprint density at radius 1 is 1.22 bits per heavy atom. The Bertz CT molecular complexity index is 666. The van der Waals surface area contributed by atoms with Crippen LogP contribution in [0.15, 0.2) is 23.8 Å². The van der Waals surface area contributed by atoms with Gasteiger partial charge in [0, 0.05) is 11.8 Å². The molecule has 6 atom stereocenters. The topological polar surface area (TPSA) is 37.3 Å². The van der Waals surface area contributed by atoms with Crippen LogP contribution >= 0.6 is 0 Å². The summed E-state index contributed by atoms with van der Waals surface area (Å²) in [5.74, 6) is 4.50. The van der Waals surface area contributed by atoms with E-state index in [1.54, 1.807) is 0 Å². The summed E-state index contributed by atoms with van der Waals surface area (Å²) >= 11 is 0. The number of hydrogen-bond acceptors (Lipinski definition) is 2. The Labute approximate surface area is 139 Å². The lowest BCUT2D eigenvalue weighted by Gasteiger charge is -2.56. The van der Waals surface area contributed by atoms with E-state index in [0.717, 1.165) is 32.1 Å². The fraction of sp³-hybridized carbons (Fsp3) is 0.667. The summed E-state index contributed by atoms with van der Waals surface area (Å²) in [5, 5.41) is 11.0. The molecule has 2 nitrogen and oxygen atoms in total. The van der Waals surface area contributed by atoms with Gasteiger partial charge in [0.15, 0.2) is 5.78 Å². The fourth-order valence-electron chi connectivity index (χ4n) is 6.25. The van der Waals surface area contributed by atoms with Crippen LogP contribution in [0, 0.1) is 40.9 Å². The highest BCUT2D eigenvalue weighted by Crippen LogP contribution is 2.65. The van der Waals surface area contributed by atoms with E-state index in [1.807, 2.05) is 6.08 Å². The van der Waals surface area contributed by atoms with E-state index in [9.17, 15) is 9.90 Å². The lowest BCUT2D eigenvalue weighted by molar-refractivity contribution is -0.117. The molecule has 0 aromatic heterocycles. The van der Waals surface area contributed by atoms with Gasteiger partial charge in [-0.25, -0.2) is 0 Å². The maximum atomic E-state index is 11.8. The van der Waals surface area contributed by atoms with E-state index in [2.05, 4.69) is 31.9 Å². The number of ketones is 1. The zero-order valence-corrected chi connectivity index (χ0v) is 14.1. The van der Waals surface area contributed by atoms with Crippen LogP contribution in [-0.4, -0.2) is 16.5 Å². The summed E-state index contributed by atoms with van der Waals surface area (Å²) in [7, 11) is 0. The summed E-state index contributed by atoms with van der Waals surface area (Å²) in [6.07, 6.45) is 17.5. The number of hydrogen-bond donors (Lipinski definition) is 1. The second-order valence-electron chi connectivity index (χ2n) is 8.63. The molecule has 23 heavy (non-hydrogen) atoms. The molecule has 0 aromatic rings. The van der Waals surface area contributed by atoms with Crippen molar-refractivity contribution in [2.45, 2.75) is 58.0 Å². The number of rotatable bonds is 0. The minimum absolute atomic E-state index is 0.117. The molecular formula is C21H26O2. The van der Waals surface area contributed by atoms with E-state index < -0.39 is 5.60 Å². The fourth-order valence-corrected chi connectivity index (χ4v) is 6.25. The molecule has 0 saturated heterocycles. The van der Waals surface area contributed by atoms with Crippen LogP contribution in [0.3, 0.4) is 0 Å². The van der Waals surface area contributed by atoms with Crippen molar-refractivity contribution in [3.05, 3.63) is 23.8 Å². The Hall–Kier alpha value is -1.33. The van der Waals surface area contributed by atoms with Crippen LogP contribution in [0.25, 0.3) is 0 Å². The van der Waals surface area contributed by atoms with Crippen LogP contribution in [-0.2, 0) is 4.79 Å². The number of carbonyl (C=O) groups excluding carboxylic acids is 1. The van der Waals surface area contributed by atoms with Crippen LogP contribution in [0.1, 0.15) is 52.4 Å². The third-order valence-electron chi connectivity index (χ3n) is 7.91. The quantitative estimate of drug-likeness (QED) is 0.693. The predicted molar refractivity (Wildman–Crippen MR) is 90.4 cm³/mol. The molecule has 0 bridgehead atoms. The van der Waals surface area contributed by atoms with Crippen molar-refractivity contribution in [1.29, 1.82) is 0 Å². The van der Waals surface area contributed by atoms with E-state index >= 15 is 0 Å². The molecule has 0 unspecified atom stereocenters. The Morgan fingerprint density at radius 3 is 2.70 bits per heavy atom. The molecule has 0 aliphatic heterocycles. The minimum atomic E-state index is -0.948. The molecule has 0 radical (unpaired) electrons. The maximum Gasteiger partial charge on any atom is 0.156 e. The summed E-state index contributed by atoms with van der Waals surface area (Å²) in [5.41, 5.74) is 0.223. The molecule has 1 N–H and O–H groups in total. The smallest absolute Gasteiger partial charge is 0.156 e. The highest BCUT2D eigenvalue weighted by molar-refractivity contribution is 5.92. The standard InChI is InChI=1S/C21H26O2/c1-4-21(23)12-9-18-16-6-5-14-13-15(22)7-10-19(14,2)17(16)8-11-20(18,21)3/h1,5-6,13,16-18,23H,7-12H2,2-3H3/t16-,17+,18+,19+,20+,21-/m1/s1. The number of carbonyl (C=O) groups is 1. The minimum Gasteiger partial charge on any atom is -0.377 e. The first-order chi connectivity index (χ1) is 10.8. The molecule has 0 aromatic carbocycles. The molecule has 2 saturated carbocycles. The SMILES string of the molecule is C#C[C@@]1(O)CC[C@H]2[C@@H]3C=CC4=CC(=O)CC[C@]4(C)[C@H]3CC[C@@]21C. The molecule has 4 aliphatic rings. The number of terminal acetylenes is 1. The molecule has 4 rings (SSSR count). The maximum absolute atomic E-state index is 11.8. The van der Waals surface area contributed by atoms with Gasteiger partial charge in [-0.2, -0.15) is 0 Å². The summed E-state index contributed by atoms with van der Waals surface area (Å²) in [6.45, 7) is 4.55. The van der Waals surface area contributed by atoms with Crippen LogP contribution < -0.4 is 0 Å². The second-order valence-corrected chi connectivity index (χ2v) is 8.63. The molecule has 4 aliphatic carbocycles. The van der Waals surface area contributed by atoms with Gasteiger partial charge in [0.2, 0.25) is 0 Å². The highest BCUT2D eigenvalue weighted by Gasteiger charge is 2.62. The van der Waals surface area contributed by atoms with Gasteiger partial charge in [0.25, 0.3) is 0 Å². The van der Waals surface area contributed by atoms with Crippen molar-refractivity contribution in [1.82, 2.24) is 0 Å². The van der Waals surface area contributed by atoms with Gasteiger partial charge in [-0.15, -0.1) is 6.42 Å². The zero-order valence-electron chi connectivity index (χ0n) is 14.1. The van der Waals surface area contributed by atoms with E-state index in [1.165, 1.54) is 5.57 Å². The Balaban J connectivity index is 1.76. The summed E-state index contributed by atoms with van der Waals surface area (Å²) in [4.78, 5) is 11.8. The van der Waals surface area contributed by atoms with E-state index in [4.69, 9.17) is 6.42 Å². The summed E-state index contributed by atoms with van der Waals surface area (Å²) in [6, 6.07) is 0. The number of aliphatic hydroxyl groups is 1. The zero-order chi connectivity index (χ0) is 16.5. The van der Waals surface area contributed by atoms with E-state index in [0.29, 0.717) is 24.2 Å². The molecule has 2 fully saturated rings. The third kappa shape index (κ3) is 1.78. The molecular weight excluding hydrogens is 284 g/mol. The lowest BCUT2D eigenvalue weighted by Crippen LogP contribution is -2.53. The van der Waals surface area contributed by atoms with Gasteiger partial charge < -0.3 is 5.11 Å². The van der Waals surface area contributed by atoms with Crippen LogP contribution in [0.4, 0.5) is 0 Å². The summed E-state index contributed by atoms with van der Waals surface area (Å²) < 4.78 is 0. The van der Waals surface area contributed by atoms with Crippen molar-refractivity contribution in [2.75, 3.05) is 0 Å². The molecule has 0 spiro atoms. The average molecular weight is 310 g/mol. The van der Waals surface area contributed by atoms with Gasteiger partial charge in [-0.1, -0.05) is 31.9 Å². The first-order valence-electron chi connectivity index (χ1n) is 8.97. The van der Waals surface area contributed by atoms with Gasteiger partial charge in [-0.3, -0.25) is 4.79 Å². The first-order valence-corrected chi connectivity index (χ1v) is 8.97. The molecule has 0 heterocycles. The average Bonchev–Trinajstić information content (AvgIpc) is 2.80. The largest absolute Gasteiger partial charge is 0.377 e. The third-order valence-corrected chi connectivity index (χ3v) is 7.91. The van der Waals surface area contributed by atoms with Crippen LogP contribution in [0.5, 0.6) is 0 Å². The van der Waals surface area contributed by atoms with Crippen molar-refractivity contribution >= 4 is 5.78 Å². The van der Waals surface area contributed by atoms with Gasteiger partial charge in [-0.05, 0) is 66.9 Å². The second kappa shape index (κ2) is 4.61. The lowest BCUT2D eigenvalue weighted by atomic mass is 9.48. The monoisotopic (exact) mass is 310 g/mol. The van der Waals surface area contributed by atoms with Crippen molar-refractivity contribution < 1.29 is 9.90 Å². The normalized spacial score (nSPS) is 51.3. The van der Waals surface area contributed by atoms with Gasteiger partial charge >= 0.3 is 0 Å². The molecule has 2 heteroatoms.